The van der Waals surface area contributed by atoms with Crippen LogP contribution in [0.25, 0.3) is 5.65 Å². The molecule has 1 atom stereocenters. The lowest BCUT2D eigenvalue weighted by Crippen LogP contribution is -2.46. The Labute approximate surface area is 117 Å². The Kier molecular flexibility index (Phi) is 3.69. The minimum Gasteiger partial charge on any atom is -0.394 e. The summed E-state index contributed by atoms with van der Waals surface area (Å²) in [5.41, 5.74) is 1.64. The minimum atomic E-state index is -0.0201. The zero-order valence-electron chi connectivity index (χ0n) is 11.4. The molecule has 1 unspecified atom stereocenters. The first-order valence-electron chi connectivity index (χ1n) is 7.11. The van der Waals surface area contributed by atoms with Crippen molar-refractivity contribution < 1.29 is 9.90 Å². The third-order valence-electron chi connectivity index (χ3n) is 3.90. The SMILES string of the molecule is O=C(Cc1cn2ccccc2n1)N1CCCCC1CO. The van der Waals surface area contributed by atoms with E-state index in [0.717, 1.165) is 37.1 Å². The normalized spacial score (nSPS) is 19.4. The van der Waals surface area contributed by atoms with Gasteiger partial charge in [-0.2, -0.15) is 0 Å². The molecular weight excluding hydrogens is 254 g/mol. The van der Waals surface area contributed by atoms with Gasteiger partial charge in [0.1, 0.15) is 5.65 Å². The summed E-state index contributed by atoms with van der Waals surface area (Å²) in [6, 6.07) is 5.77. The number of aliphatic hydroxyl groups is 1. The summed E-state index contributed by atoms with van der Waals surface area (Å²) < 4.78 is 1.92. The summed E-state index contributed by atoms with van der Waals surface area (Å²) in [7, 11) is 0. The van der Waals surface area contributed by atoms with Gasteiger partial charge < -0.3 is 14.4 Å². The second-order valence-electron chi connectivity index (χ2n) is 5.29. The van der Waals surface area contributed by atoms with Gasteiger partial charge in [0.25, 0.3) is 0 Å². The highest BCUT2D eigenvalue weighted by Crippen LogP contribution is 2.18. The zero-order chi connectivity index (χ0) is 13.9. The Morgan fingerprint density at radius 1 is 1.40 bits per heavy atom. The number of carbonyl (C=O) groups is 1. The average Bonchev–Trinajstić information content (AvgIpc) is 2.89. The van der Waals surface area contributed by atoms with E-state index < -0.39 is 0 Å². The first kappa shape index (κ1) is 13.1. The van der Waals surface area contributed by atoms with E-state index in [1.165, 1.54) is 0 Å². The van der Waals surface area contributed by atoms with Crippen LogP contribution in [0, 0.1) is 0 Å². The highest BCUT2D eigenvalue weighted by Gasteiger charge is 2.26. The molecule has 1 aliphatic rings. The number of pyridine rings is 1. The van der Waals surface area contributed by atoms with Crippen molar-refractivity contribution in [3.63, 3.8) is 0 Å². The van der Waals surface area contributed by atoms with E-state index in [4.69, 9.17) is 0 Å². The molecule has 5 nitrogen and oxygen atoms in total. The van der Waals surface area contributed by atoms with E-state index in [-0.39, 0.29) is 18.6 Å². The number of hydrogen-bond acceptors (Lipinski definition) is 3. The number of amides is 1. The predicted octanol–water partition coefficient (Wildman–Crippen LogP) is 1.25. The maximum atomic E-state index is 12.4. The van der Waals surface area contributed by atoms with Crippen molar-refractivity contribution in [1.29, 1.82) is 0 Å². The fourth-order valence-corrected chi connectivity index (χ4v) is 2.85. The van der Waals surface area contributed by atoms with Crippen molar-refractivity contribution in [2.45, 2.75) is 31.7 Å². The molecule has 1 fully saturated rings. The van der Waals surface area contributed by atoms with Crippen molar-refractivity contribution in [2.24, 2.45) is 0 Å². The molecule has 106 valence electrons. The van der Waals surface area contributed by atoms with Crippen LogP contribution in [0.5, 0.6) is 0 Å². The molecule has 2 aromatic heterocycles. The quantitative estimate of drug-likeness (QED) is 0.915. The Morgan fingerprint density at radius 2 is 2.30 bits per heavy atom. The summed E-state index contributed by atoms with van der Waals surface area (Å²) in [6.45, 7) is 0.800. The van der Waals surface area contributed by atoms with Crippen LogP contribution in [-0.4, -0.2) is 44.5 Å². The number of piperidine rings is 1. The summed E-state index contributed by atoms with van der Waals surface area (Å²) in [5.74, 6) is 0.0622. The maximum absolute atomic E-state index is 12.4. The third kappa shape index (κ3) is 2.54. The second-order valence-corrected chi connectivity index (χ2v) is 5.29. The van der Waals surface area contributed by atoms with E-state index in [9.17, 15) is 9.90 Å². The highest BCUT2D eigenvalue weighted by atomic mass is 16.3. The topological polar surface area (TPSA) is 57.8 Å². The van der Waals surface area contributed by atoms with Gasteiger partial charge in [0.2, 0.25) is 5.91 Å². The number of aliphatic hydroxyl groups excluding tert-OH is 1. The molecular formula is C15H19N3O2. The largest absolute Gasteiger partial charge is 0.394 e. The number of likely N-dealkylation sites (tertiary alicyclic amines) is 1. The Hall–Kier alpha value is -1.88. The second kappa shape index (κ2) is 5.63. The van der Waals surface area contributed by atoms with Gasteiger partial charge in [-0.25, -0.2) is 4.98 Å². The fraction of sp³-hybridized carbons (Fsp3) is 0.467. The maximum Gasteiger partial charge on any atom is 0.228 e. The van der Waals surface area contributed by atoms with Gasteiger partial charge in [-0.3, -0.25) is 4.79 Å². The number of rotatable bonds is 3. The van der Waals surface area contributed by atoms with Crippen LogP contribution >= 0.6 is 0 Å². The van der Waals surface area contributed by atoms with Crippen molar-refractivity contribution in [3.05, 3.63) is 36.3 Å². The van der Waals surface area contributed by atoms with Crippen LogP contribution in [0.15, 0.2) is 30.6 Å². The summed E-state index contributed by atoms with van der Waals surface area (Å²) in [4.78, 5) is 18.6. The molecule has 0 bridgehead atoms. The van der Waals surface area contributed by atoms with Gasteiger partial charge in [-0.1, -0.05) is 6.07 Å². The number of hydrogen-bond donors (Lipinski definition) is 1. The summed E-state index contributed by atoms with van der Waals surface area (Å²) in [6.07, 6.45) is 7.13. The standard InChI is InChI=1S/C15H19N3O2/c19-11-13-5-1-4-8-18(13)15(20)9-12-10-17-7-3-2-6-14(17)16-12/h2-3,6-7,10,13,19H,1,4-5,8-9,11H2. The smallest absolute Gasteiger partial charge is 0.228 e. The monoisotopic (exact) mass is 273 g/mol. The van der Waals surface area contributed by atoms with Crippen LogP contribution in [0.3, 0.4) is 0 Å². The molecule has 0 spiro atoms. The molecule has 1 N–H and O–H groups in total. The fourth-order valence-electron chi connectivity index (χ4n) is 2.85. The van der Waals surface area contributed by atoms with Crippen molar-refractivity contribution in [3.8, 4) is 0 Å². The van der Waals surface area contributed by atoms with Crippen LogP contribution in [0.1, 0.15) is 25.0 Å². The van der Waals surface area contributed by atoms with E-state index >= 15 is 0 Å². The molecule has 5 heteroatoms. The van der Waals surface area contributed by atoms with Crippen molar-refractivity contribution in [2.75, 3.05) is 13.2 Å². The molecule has 0 radical (unpaired) electrons. The third-order valence-corrected chi connectivity index (χ3v) is 3.90. The van der Waals surface area contributed by atoms with Crippen LogP contribution < -0.4 is 0 Å². The van der Waals surface area contributed by atoms with Gasteiger partial charge >= 0.3 is 0 Å². The molecule has 0 aromatic carbocycles. The lowest BCUT2D eigenvalue weighted by atomic mass is 10.0. The average molecular weight is 273 g/mol. The highest BCUT2D eigenvalue weighted by molar-refractivity contribution is 5.79. The summed E-state index contributed by atoms with van der Waals surface area (Å²) in [5, 5.41) is 9.38. The molecule has 3 heterocycles. The molecule has 1 aliphatic heterocycles. The number of imidazole rings is 1. The van der Waals surface area contributed by atoms with E-state index in [1.54, 1.807) is 0 Å². The predicted molar refractivity (Wildman–Crippen MR) is 75.3 cm³/mol. The number of fused-ring (bicyclic) bond motifs is 1. The number of carbonyl (C=O) groups excluding carboxylic acids is 1. The van der Waals surface area contributed by atoms with Gasteiger partial charge in [0, 0.05) is 18.9 Å². The first-order chi connectivity index (χ1) is 9.78. The van der Waals surface area contributed by atoms with Crippen molar-refractivity contribution in [1.82, 2.24) is 14.3 Å². The number of aromatic nitrogens is 2. The van der Waals surface area contributed by atoms with E-state index in [1.807, 2.05) is 39.9 Å². The van der Waals surface area contributed by atoms with E-state index in [2.05, 4.69) is 4.98 Å². The number of nitrogens with zero attached hydrogens (tertiary/aromatic N) is 3. The molecule has 0 saturated carbocycles. The first-order valence-corrected chi connectivity index (χ1v) is 7.11. The minimum absolute atomic E-state index is 0.0201. The lowest BCUT2D eigenvalue weighted by molar-refractivity contribution is -0.135. The molecule has 2 aromatic rings. The van der Waals surface area contributed by atoms with Gasteiger partial charge in [0.05, 0.1) is 24.8 Å². The molecule has 20 heavy (non-hydrogen) atoms. The zero-order valence-corrected chi connectivity index (χ0v) is 11.4. The van der Waals surface area contributed by atoms with Crippen molar-refractivity contribution >= 4 is 11.6 Å². The molecule has 1 amide bonds. The van der Waals surface area contributed by atoms with Crippen LogP contribution in [-0.2, 0) is 11.2 Å². The molecule has 3 rings (SSSR count). The Balaban J connectivity index is 1.74. The molecule has 0 aliphatic carbocycles. The van der Waals surface area contributed by atoms with Gasteiger partial charge in [-0.05, 0) is 31.4 Å². The van der Waals surface area contributed by atoms with Gasteiger partial charge in [0.15, 0.2) is 0 Å². The van der Waals surface area contributed by atoms with Crippen LogP contribution in [0.4, 0.5) is 0 Å². The Bertz CT molecular complexity index is 575. The van der Waals surface area contributed by atoms with Gasteiger partial charge in [-0.15, -0.1) is 0 Å². The Morgan fingerprint density at radius 3 is 3.10 bits per heavy atom. The summed E-state index contributed by atoms with van der Waals surface area (Å²) >= 11 is 0. The van der Waals surface area contributed by atoms with E-state index in [0.29, 0.717) is 6.42 Å². The van der Waals surface area contributed by atoms with Crippen LogP contribution in [0.2, 0.25) is 0 Å². The molecule has 1 saturated heterocycles. The lowest BCUT2D eigenvalue weighted by Gasteiger charge is -2.34.